The van der Waals surface area contributed by atoms with Gasteiger partial charge >= 0.3 is 0 Å². The Balaban J connectivity index is 2.40. The van der Waals surface area contributed by atoms with Crippen molar-refractivity contribution in [3.05, 3.63) is 10.4 Å². The Hall–Kier alpha value is -0.920. The van der Waals surface area contributed by atoms with Crippen LogP contribution in [-0.4, -0.2) is 34.8 Å². The summed E-state index contributed by atoms with van der Waals surface area (Å²) >= 11 is 16.2. The standard InChI is InChI=1S/C7H8Cl3N5O3/c8-7(9,10)2-18-14-6(17)4-3(1-12-15-11)13-5(4)16/h3-4H,1-2H2,(H,13,16)(H,14,17). The summed E-state index contributed by atoms with van der Waals surface area (Å²) in [5.74, 6) is -2.15. The lowest BCUT2D eigenvalue weighted by molar-refractivity contribution is -0.151. The number of halogens is 3. The highest BCUT2D eigenvalue weighted by Gasteiger charge is 2.44. The number of hydroxylamine groups is 1. The topological polar surface area (TPSA) is 116 Å². The van der Waals surface area contributed by atoms with E-state index >= 15 is 0 Å². The molecule has 0 saturated carbocycles. The minimum absolute atomic E-state index is 0.0230. The first-order chi connectivity index (χ1) is 8.35. The second-order valence-electron chi connectivity index (χ2n) is 3.38. The first-order valence-electron chi connectivity index (χ1n) is 4.65. The van der Waals surface area contributed by atoms with E-state index in [1.807, 2.05) is 5.48 Å². The van der Waals surface area contributed by atoms with Gasteiger partial charge in [-0.1, -0.05) is 39.9 Å². The minimum atomic E-state index is -1.67. The molecule has 11 heteroatoms. The molecule has 2 atom stereocenters. The number of carbonyl (C=O) groups excluding carboxylic acids is 2. The fraction of sp³-hybridized carbons (Fsp3) is 0.714. The lowest BCUT2D eigenvalue weighted by atomic mass is 9.90. The number of hydrogen-bond acceptors (Lipinski definition) is 4. The van der Waals surface area contributed by atoms with Gasteiger partial charge in [-0.15, -0.1) is 0 Å². The molecule has 1 heterocycles. The average Bonchev–Trinajstić information content (AvgIpc) is 2.21. The van der Waals surface area contributed by atoms with Crippen LogP contribution in [0.5, 0.6) is 0 Å². The van der Waals surface area contributed by atoms with Crippen molar-refractivity contribution in [1.29, 1.82) is 0 Å². The molecule has 0 aliphatic carbocycles. The monoisotopic (exact) mass is 315 g/mol. The fourth-order valence-corrected chi connectivity index (χ4v) is 1.44. The Labute approximate surface area is 116 Å². The predicted molar refractivity (Wildman–Crippen MR) is 63.8 cm³/mol. The van der Waals surface area contributed by atoms with Gasteiger partial charge in [-0.2, -0.15) is 0 Å². The van der Waals surface area contributed by atoms with Gasteiger partial charge in [-0.25, -0.2) is 5.48 Å². The molecule has 1 saturated heterocycles. The normalized spacial score (nSPS) is 22.5. The maximum absolute atomic E-state index is 11.5. The van der Waals surface area contributed by atoms with Crippen molar-refractivity contribution >= 4 is 46.6 Å². The van der Waals surface area contributed by atoms with Crippen molar-refractivity contribution in [2.45, 2.75) is 9.83 Å². The summed E-state index contributed by atoms with van der Waals surface area (Å²) in [6, 6.07) is -0.551. The van der Waals surface area contributed by atoms with Crippen molar-refractivity contribution in [3.8, 4) is 0 Å². The van der Waals surface area contributed by atoms with Crippen molar-refractivity contribution in [2.75, 3.05) is 13.2 Å². The summed E-state index contributed by atoms with van der Waals surface area (Å²) in [4.78, 5) is 29.9. The lowest BCUT2D eigenvalue weighted by Crippen LogP contribution is -2.64. The van der Waals surface area contributed by atoms with E-state index in [1.54, 1.807) is 0 Å². The molecule has 0 radical (unpaired) electrons. The van der Waals surface area contributed by atoms with Gasteiger partial charge in [0.1, 0.15) is 12.5 Å². The van der Waals surface area contributed by atoms with E-state index in [4.69, 9.17) is 40.3 Å². The highest BCUT2D eigenvalue weighted by Crippen LogP contribution is 2.25. The SMILES string of the molecule is [N-]=[N+]=NCC1NC(=O)C1C(=O)NOCC(Cl)(Cl)Cl. The second kappa shape index (κ2) is 6.31. The highest BCUT2D eigenvalue weighted by atomic mass is 35.6. The van der Waals surface area contributed by atoms with Gasteiger partial charge < -0.3 is 5.32 Å². The third-order valence-electron chi connectivity index (χ3n) is 2.05. The van der Waals surface area contributed by atoms with Crippen LogP contribution < -0.4 is 10.8 Å². The van der Waals surface area contributed by atoms with E-state index in [-0.39, 0.29) is 13.2 Å². The van der Waals surface area contributed by atoms with Crippen LogP contribution in [-0.2, 0) is 14.4 Å². The zero-order chi connectivity index (χ0) is 13.8. The molecule has 1 fully saturated rings. The molecule has 8 nitrogen and oxygen atoms in total. The molecule has 0 spiro atoms. The quantitative estimate of drug-likeness (QED) is 0.149. The molecule has 2 N–H and O–H groups in total. The molecule has 1 aliphatic heterocycles. The molecular weight excluding hydrogens is 308 g/mol. The summed E-state index contributed by atoms with van der Waals surface area (Å²) in [7, 11) is 0. The van der Waals surface area contributed by atoms with Crippen LogP contribution in [0.15, 0.2) is 5.11 Å². The van der Waals surface area contributed by atoms with Crippen LogP contribution in [0.25, 0.3) is 10.4 Å². The Bertz CT molecular complexity index is 392. The fourth-order valence-electron chi connectivity index (χ4n) is 1.27. The first-order valence-corrected chi connectivity index (χ1v) is 5.78. The van der Waals surface area contributed by atoms with Crippen LogP contribution in [0.1, 0.15) is 0 Å². The van der Waals surface area contributed by atoms with Gasteiger partial charge in [0, 0.05) is 11.5 Å². The lowest BCUT2D eigenvalue weighted by Gasteiger charge is -2.34. The van der Waals surface area contributed by atoms with Crippen LogP contribution in [0.2, 0.25) is 0 Å². The number of β-lactam (4-membered cyclic amide) rings is 1. The number of nitrogens with zero attached hydrogens (tertiary/aromatic N) is 3. The third-order valence-corrected chi connectivity index (χ3v) is 2.37. The number of alkyl halides is 3. The van der Waals surface area contributed by atoms with E-state index in [0.29, 0.717) is 0 Å². The zero-order valence-corrected chi connectivity index (χ0v) is 11.0. The highest BCUT2D eigenvalue weighted by molar-refractivity contribution is 6.67. The van der Waals surface area contributed by atoms with Crippen LogP contribution in [0.3, 0.4) is 0 Å². The van der Waals surface area contributed by atoms with Crippen molar-refractivity contribution in [1.82, 2.24) is 10.8 Å². The van der Waals surface area contributed by atoms with Gasteiger partial charge in [0.05, 0.1) is 6.04 Å². The number of hydrogen-bond donors (Lipinski definition) is 2. The number of azide groups is 1. The molecule has 1 aliphatic rings. The van der Waals surface area contributed by atoms with E-state index < -0.39 is 27.6 Å². The van der Waals surface area contributed by atoms with Crippen LogP contribution in [0, 0.1) is 5.92 Å². The molecule has 100 valence electrons. The molecule has 1 rings (SSSR count). The number of nitrogens with one attached hydrogen (secondary N) is 2. The second-order valence-corrected chi connectivity index (χ2v) is 5.89. The molecule has 0 aromatic heterocycles. The smallest absolute Gasteiger partial charge is 0.258 e. The molecule has 0 aromatic rings. The summed E-state index contributed by atoms with van der Waals surface area (Å²) in [6.07, 6.45) is 0. The minimum Gasteiger partial charge on any atom is -0.351 e. The maximum atomic E-state index is 11.5. The van der Waals surface area contributed by atoms with E-state index in [0.717, 1.165) is 0 Å². The molecule has 2 amide bonds. The van der Waals surface area contributed by atoms with Gasteiger partial charge in [0.2, 0.25) is 9.70 Å². The van der Waals surface area contributed by atoms with Crippen LogP contribution in [0.4, 0.5) is 0 Å². The van der Waals surface area contributed by atoms with Gasteiger partial charge in [-0.05, 0) is 5.53 Å². The Morgan fingerprint density at radius 3 is 2.78 bits per heavy atom. The number of carbonyl (C=O) groups is 2. The van der Waals surface area contributed by atoms with Crippen molar-refractivity contribution in [3.63, 3.8) is 0 Å². The molecule has 18 heavy (non-hydrogen) atoms. The molecule has 0 aromatic carbocycles. The molecular formula is C7H8Cl3N5O3. The first kappa shape index (κ1) is 15.1. The predicted octanol–water partition coefficient (Wildman–Crippen LogP) is 0.829. The molecule has 2 unspecified atom stereocenters. The van der Waals surface area contributed by atoms with Gasteiger partial charge in [0.25, 0.3) is 5.91 Å². The number of amides is 2. The average molecular weight is 317 g/mol. The summed E-state index contributed by atoms with van der Waals surface area (Å²) in [5.41, 5.74) is 10.1. The van der Waals surface area contributed by atoms with Crippen LogP contribution >= 0.6 is 34.8 Å². The van der Waals surface area contributed by atoms with Gasteiger partial charge in [-0.3, -0.25) is 14.4 Å². The summed E-state index contributed by atoms with van der Waals surface area (Å²) in [6.45, 7) is -0.385. The maximum Gasteiger partial charge on any atom is 0.258 e. The van der Waals surface area contributed by atoms with E-state index in [9.17, 15) is 9.59 Å². The van der Waals surface area contributed by atoms with E-state index in [1.165, 1.54) is 0 Å². The largest absolute Gasteiger partial charge is 0.351 e. The zero-order valence-electron chi connectivity index (χ0n) is 8.77. The summed E-state index contributed by atoms with van der Waals surface area (Å²) < 4.78 is -1.67. The van der Waals surface area contributed by atoms with Gasteiger partial charge in [0.15, 0.2) is 0 Å². The Morgan fingerprint density at radius 2 is 2.28 bits per heavy atom. The third kappa shape index (κ3) is 4.40. The number of rotatable bonds is 5. The van der Waals surface area contributed by atoms with Crippen molar-refractivity contribution < 1.29 is 14.4 Å². The summed E-state index contributed by atoms with van der Waals surface area (Å²) in [5, 5.41) is 5.68. The van der Waals surface area contributed by atoms with E-state index in [2.05, 4.69) is 20.2 Å². The Kier molecular flexibility index (Phi) is 5.30. The van der Waals surface area contributed by atoms with Crippen molar-refractivity contribution in [2.24, 2.45) is 11.0 Å². The Morgan fingerprint density at radius 1 is 1.61 bits per heavy atom. The molecule has 0 bridgehead atoms.